The Morgan fingerprint density at radius 1 is 1.04 bits per heavy atom. The summed E-state index contributed by atoms with van der Waals surface area (Å²) in [5, 5.41) is 7.59. The Balaban J connectivity index is 0.000000221. The summed E-state index contributed by atoms with van der Waals surface area (Å²) in [5.41, 5.74) is -0.722. The van der Waals surface area contributed by atoms with Gasteiger partial charge in [0.1, 0.15) is 0 Å². The van der Waals surface area contributed by atoms with Crippen molar-refractivity contribution in [2.75, 3.05) is 7.05 Å². The Kier molecular flexibility index (Phi) is 8.18. The van der Waals surface area contributed by atoms with Crippen LogP contribution in [0.25, 0.3) is 0 Å². The highest BCUT2D eigenvalue weighted by Gasteiger charge is 2.50. The molecule has 0 bridgehead atoms. The fourth-order valence-corrected chi connectivity index (χ4v) is 4.10. The molecule has 1 saturated heterocycles. The lowest BCUT2D eigenvalue weighted by Gasteiger charge is -2.33. The molecular formula is C22H33N3O3. The third-order valence-corrected chi connectivity index (χ3v) is 5.93. The van der Waals surface area contributed by atoms with Crippen molar-refractivity contribution in [1.82, 2.24) is 16.0 Å². The van der Waals surface area contributed by atoms with Gasteiger partial charge in [0.2, 0.25) is 11.8 Å². The van der Waals surface area contributed by atoms with E-state index in [1.165, 1.54) is 38.5 Å². The van der Waals surface area contributed by atoms with Crippen LogP contribution in [0.5, 0.6) is 0 Å². The van der Waals surface area contributed by atoms with Crippen LogP contribution in [0.1, 0.15) is 64.4 Å². The van der Waals surface area contributed by atoms with Crippen molar-refractivity contribution >= 4 is 17.8 Å². The molecule has 0 aromatic heterocycles. The second-order valence-corrected chi connectivity index (χ2v) is 7.79. The summed E-state index contributed by atoms with van der Waals surface area (Å²) in [6.07, 6.45) is 9.06. The maximum absolute atomic E-state index is 12.0. The van der Waals surface area contributed by atoms with E-state index in [0.717, 1.165) is 12.0 Å². The van der Waals surface area contributed by atoms with Gasteiger partial charge in [0, 0.05) is 6.04 Å². The molecule has 2 fully saturated rings. The molecule has 1 saturated carbocycles. The molecule has 1 atom stereocenters. The first-order valence-corrected chi connectivity index (χ1v) is 10.3. The highest BCUT2D eigenvalue weighted by atomic mass is 16.2. The van der Waals surface area contributed by atoms with Gasteiger partial charge in [-0.05, 0) is 38.3 Å². The Bertz CT molecular complexity index is 649. The van der Waals surface area contributed by atoms with Crippen molar-refractivity contribution in [2.45, 2.75) is 70.3 Å². The van der Waals surface area contributed by atoms with Gasteiger partial charge in [-0.1, -0.05) is 69.4 Å². The van der Waals surface area contributed by atoms with E-state index < -0.39 is 23.3 Å². The zero-order valence-corrected chi connectivity index (χ0v) is 17.2. The minimum Gasteiger partial charge on any atom is -0.317 e. The van der Waals surface area contributed by atoms with Crippen LogP contribution >= 0.6 is 0 Å². The van der Waals surface area contributed by atoms with Gasteiger partial charge in [0.05, 0.1) is 0 Å². The fourth-order valence-electron chi connectivity index (χ4n) is 4.10. The molecule has 1 aliphatic carbocycles. The van der Waals surface area contributed by atoms with Crippen LogP contribution in [0.4, 0.5) is 4.79 Å². The highest BCUT2D eigenvalue weighted by molar-refractivity contribution is 6.22. The number of imide groups is 2. The van der Waals surface area contributed by atoms with Gasteiger partial charge < -0.3 is 5.32 Å². The fraction of sp³-hybridized carbons (Fsp3) is 0.591. The topological polar surface area (TPSA) is 87.3 Å². The van der Waals surface area contributed by atoms with Crippen LogP contribution in [0.2, 0.25) is 0 Å². The molecule has 6 heteroatoms. The quantitative estimate of drug-likeness (QED) is 0.677. The highest BCUT2D eigenvalue weighted by Crippen LogP contribution is 2.30. The molecule has 0 spiro atoms. The predicted octanol–water partition coefficient (Wildman–Crippen LogP) is 3.27. The van der Waals surface area contributed by atoms with Crippen LogP contribution in [0.3, 0.4) is 0 Å². The molecule has 3 rings (SSSR count). The molecule has 0 radical (unpaired) electrons. The van der Waals surface area contributed by atoms with Gasteiger partial charge in [-0.3, -0.25) is 20.2 Å². The summed E-state index contributed by atoms with van der Waals surface area (Å²) in [6, 6.07) is 8.68. The molecule has 1 heterocycles. The number of amides is 4. The zero-order valence-electron chi connectivity index (χ0n) is 17.2. The number of urea groups is 1. The molecule has 6 nitrogen and oxygen atoms in total. The third-order valence-electron chi connectivity index (χ3n) is 5.93. The van der Waals surface area contributed by atoms with Crippen LogP contribution < -0.4 is 16.0 Å². The molecule has 1 aromatic rings. The van der Waals surface area contributed by atoms with Gasteiger partial charge in [0.15, 0.2) is 5.41 Å². The molecular weight excluding hydrogens is 354 g/mol. The molecule has 1 aromatic carbocycles. The Hall–Kier alpha value is -2.21. The van der Waals surface area contributed by atoms with E-state index in [1.807, 2.05) is 0 Å². The molecule has 28 heavy (non-hydrogen) atoms. The van der Waals surface area contributed by atoms with Crippen molar-refractivity contribution in [3.05, 3.63) is 35.9 Å². The lowest BCUT2D eigenvalue weighted by Crippen LogP contribution is -2.64. The van der Waals surface area contributed by atoms with Gasteiger partial charge >= 0.3 is 6.03 Å². The van der Waals surface area contributed by atoms with Crippen molar-refractivity contribution in [3.8, 4) is 0 Å². The molecule has 1 aliphatic heterocycles. The minimum atomic E-state index is -1.31. The maximum Gasteiger partial charge on any atom is 0.328 e. The lowest BCUT2D eigenvalue weighted by molar-refractivity contribution is -0.138. The van der Waals surface area contributed by atoms with Gasteiger partial charge in [-0.2, -0.15) is 0 Å². The molecule has 154 valence electrons. The van der Waals surface area contributed by atoms with E-state index >= 15 is 0 Å². The van der Waals surface area contributed by atoms with Gasteiger partial charge in [-0.15, -0.1) is 0 Å². The minimum absolute atomic E-state index is 0.294. The van der Waals surface area contributed by atoms with E-state index in [4.69, 9.17) is 0 Å². The van der Waals surface area contributed by atoms with Crippen LogP contribution in [0, 0.1) is 5.92 Å². The van der Waals surface area contributed by atoms with Gasteiger partial charge in [-0.25, -0.2) is 4.79 Å². The monoisotopic (exact) mass is 387 g/mol. The Morgan fingerprint density at radius 2 is 1.61 bits per heavy atom. The van der Waals surface area contributed by atoms with Crippen LogP contribution in [-0.2, 0) is 15.0 Å². The average Bonchev–Trinajstić information content (AvgIpc) is 2.70. The first kappa shape index (κ1) is 22.1. The van der Waals surface area contributed by atoms with Crippen LogP contribution in [0.15, 0.2) is 30.3 Å². The number of rotatable bonds is 5. The summed E-state index contributed by atoms with van der Waals surface area (Å²) < 4.78 is 0. The van der Waals surface area contributed by atoms with Crippen molar-refractivity contribution < 1.29 is 14.4 Å². The number of carbonyl (C=O) groups excluding carboxylic acids is 3. The maximum atomic E-state index is 12.0. The van der Waals surface area contributed by atoms with E-state index in [-0.39, 0.29) is 0 Å². The Labute approximate surface area is 167 Å². The molecule has 4 amide bonds. The number of nitrogens with one attached hydrogen (secondary N) is 3. The average molecular weight is 388 g/mol. The molecule has 0 unspecified atom stereocenters. The molecule has 2 aliphatic rings. The number of barbiturate groups is 1. The number of benzene rings is 1. The molecule has 3 N–H and O–H groups in total. The van der Waals surface area contributed by atoms with Crippen molar-refractivity contribution in [2.24, 2.45) is 5.92 Å². The SMILES string of the molecule is CCC1(c2ccccc2)C(=O)NC(=O)NC1=O.CN[C@@H](C)CC1CCCCC1. The lowest BCUT2D eigenvalue weighted by atomic mass is 9.75. The summed E-state index contributed by atoms with van der Waals surface area (Å²) in [4.78, 5) is 35.0. The second kappa shape index (κ2) is 10.4. The first-order valence-electron chi connectivity index (χ1n) is 10.3. The third kappa shape index (κ3) is 5.19. The van der Waals surface area contributed by atoms with Gasteiger partial charge in [0.25, 0.3) is 0 Å². The number of hydrogen-bond donors (Lipinski definition) is 3. The van der Waals surface area contributed by atoms with E-state index in [0.29, 0.717) is 12.0 Å². The summed E-state index contributed by atoms with van der Waals surface area (Å²) in [6.45, 7) is 4.02. The summed E-state index contributed by atoms with van der Waals surface area (Å²) >= 11 is 0. The van der Waals surface area contributed by atoms with E-state index in [2.05, 4.69) is 29.9 Å². The Morgan fingerprint density at radius 3 is 2.11 bits per heavy atom. The summed E-state index contributed by atoms with van der Waals surface area (Å²) in [5.74, 6) is -0.119. The smallest absolute Gasteiger partial charge is 0.317 e. The van der Waals surface area contributed by atoms with Crippen LogP contribution in [-0.4, -0.2) is 30.9 Å². The largest absolute Gasteiger partial charge is 0.328 e. The first-order chi connectivity index (χ1) is 13.4. The number of hydrogen-bond acceptors (Lipinski definition) is 4. The van der Waals surface area contributed by atoms with Crippen molar-refractivity contribution in [3.63, 3.8) is 0 Å². The number of carbonyl (C=O) groups is 3. The second-order valence-electron chi connectivity index (χ2n) is 7.79. The normalized spacial score (nSPS) is 20.5. The standard InChI is InChI=1S/C12H12N2O3.C10H21N/c1-2-12(8-6-4-3-5-7-8)9(15)13-11(17)14-10(12)16;1-9(11-2)8-10-6-4-3-5-7-10/h3-7H,2H2,1H3,(H2,13,14,15,16,17);9-11H,3-8H2,1-2H3/t;9-/m.0/s1. The summed E-state index contributed by atoms with van der Waals surface area (Å²) in [7, 11) is 2.06. The van der Waals surface area contributed by atoms with Crippen molar-refractivity contribution in [1.29, 1.82) is 0 Å². The van der Waals surface area contributed by atoms with E-state index in [9.17, 15) is 14.4 Å². The zero-order chi connectivity index (χ0) is 20.6. The van der Waals surface area contributed by atoms with E-state index in [1.54, 1.807) is 37.3 Å². The predicted molar refractivity (Wildman–Crippen MR) is 110 cm³/mol.